The van der Waals surface area contributed by atoms with E-state index in [1.54, 1.807) is 0 Å². The summed E-state index contributed by atoms with van der Waals surface area (Å²) in [7, 11) is 0. The SMILES string of the molecule is CC(=O)Oc1ccc(OC(C)=O)c(C=CC(=O)O)c1. The lowest BCUT2D eigenvalue weighted by atomic mass is 10.1. The van der Waals surface area contributed by atoms with Gasteiger partial charge in [0.1, 0.15) is 11.5 Å². The first kappa shape index (κ1) is 14.4. The molecule has 0 spiro atoms. The van der Waals surface area contributed by atoms with E-state index in [-0.39, 0.29) is 11.5 Å². The summed E-state index contributed by atoms with van der Waals surface area (Å²) < 4.78 is 9.77. The molecule has 0 unspecified atom stereocenters. The van der Waals surface area contributed by atoms with Crippen LogP contribution in [0.1, 0.15) is 19.4 Å². The highest BCUT2D eigenvalue weighted by Gasteiger charge is 2.07. The Balaban J connectivity index is 3.13. The molecule has 0 aliphatic rings. The molecule has 0 atom stereocenters. The van der Waals surface area contributed by atoms with Gasteiger partial charge in [-0.15, -0.1) is 0 Å². The van der Waals surface area contributed by atoms with Gasteiger partial charge in [-0.2, -0.15) is 0 Å². The molecule has 1 N–H and O–H groups in total. The molecule has 0 aromatic heterocycles. The number of aliphatic carboxylic acids is 1. The van der Waals surface area contributed by atoms with Gasteiger partial charge in [-0.1, -0.05) is 0 Å². The summed E-state index contributed by atoms with van der Waals surface area (Å²) in [4.78, 5) is 32.2. The molecule has 0 aliphatic carbocycles. The summed E-state index contributed by atoms with van der Waals surface area (Å²) in [6.07, 6.45) is 2.13. The van der Waals surface area contributed by atoms with Crippen LogP contribution in [0.2, 0.25) is 0 Å². The second kappa shape index (κ2) is 6.34. The number of carboxylic acids is 1. The zero-order valence-electron chi connectivity index (χ0n) is 10.4. The van der Waals surface area contributed by atoms with Crippen molar-refractivity contribution in [1.29, 1.82) is 0 Å². The highest BCUT2D eigenvalue weighted by atomic mass is 16.5. The van der Waals surface area contributed by atoms with Gasteiger partial charge in [0.25, 0.3) is 0 Å². The molecule has 0 fully saturated rings. The molecule has 1 aromatic carbocycles. The fourth-order valence-electron chi connectivity index (χ4n) is 1.30. The summed E-state index contributed by atoms with van der Waals surface area (Å²) in [5.41, 5.74) is 0.316. The van der Waals surface area contributed by atoms with Gasteiger partial charge in [-0.3, -0.25) is 9.59 Å². The molecule has 6 nitrogen and oxygen atoms in total. The third kappa shape index (κ3) is 5.03. The summed E-state index contributed by atoms with van der Waals surface area (Å²) in [5, 5.41) is 8.58. The molecule has 0 saturated carbocycles. The number of hydrogen-bond donors (Lipinski definition) is 1. The van der Waals surface area contributed by atoms with E-state index in [9.17, 15) is 14.4 Å². The third-order valence-corrected chi connectivity index (χ3v) is 1.90. The Labute approximate surface area is 109 Å². The van der Waals surface area contributed by atoms with Crippen LogP contribution in [0.4, 0.5) is 0 Å². The van der Waals surface area contributed by atoms with Crippen molar-refractivity contribution >= 4 is 24.0 Å². The molecule has 0 bridgehead atoms. The van der Waals surface area contributed by atoms with Crippen molar-refractivity contribution in [3.05, 3.63) is 29.8 Å². The second-order valence-electron chi connectivity index (χ2n) is 3.56. The number of esters is 2. The van der Waals surface area contributed by atoms with Crippen LogP contribution < -0.4 is 9.47 Å². The van der Waals surface area contributed by atoms with E-state index in [1.165, 1.54) is 38.1 Å². The fraction of sp³-hybridized carbons (Fsp3) is 0.154. The first-order valence-electron chi connectivity index (χ1n) is 5.30. The van der Waals surface area contributed by atoms with Crippen LogP contribution in [0.5, 0.6) is 11.5 Å². The number of benzene rings is 1. The molecular weight excluding hydrogens is 252 g/mol. The molecule has 0 aliphatic heterocycles. The number of carboxylic acid groups (broad SMARTS) is 1. The van der Waals surface area contributed by atoms with E-state index >= 15 is 0 Å². The minimum atomic E-state index is -1.15. The molecule has 0 saturated heterocycles. The van der Waals surface area contributed by atoms with E-state index in [4.69, 9.17) is 14.6 Å². The van der Waals surface area contributed by atoms with Crippen LogP contribution in [0.25, 0.3) is 6.08 Å². The van der Waals surface area contributed by atoms with Crippen molar-refractivity contribution in [2.45, 2.75) is 13.8 Å². The minimum Gasteiger partial charge on any atom is -0.478 e. The molecule has 100 valence electrons. The molecule has 19 heavy (non-hydrogen) atoms. The molecule has 0 radical (unpaired) electrons. The van der Waals surface area contributed by atoms with Gasteiger partial charge in [0.15, 0.2) is 0 Å². The second-order valence-corrected chi connectivity index (χ2v) is 3.56. The van der Waals surface area contributed by atoms with Crippen molar-refractivity contribution in [3.8, 4) is 11.5 Å². The predicted octanol–water partition coefficient (Wildman–Crippen LogP) is 1.64. The van der Waals surface area contributed by atoms with E-state index in [0.717, 1.165) is 6.08 Å². The summed E-state index contributed by atoms with van der Waals surface area (Å²) in [6, 6.07) is 4.26. The molecule has 0 heterocycles. The van der Waals surface area contributed by atoms with Gasteiger partial charge in [0, 0.05) is 25.5 Å². The van der Waals surface area contributed by atoms with Gasteiger partial charge in [-0.25, -0.2) is 4.79 Å². The average Bonchev–Trinajstić information content (AvgIpc) is 2.27. The maximum absolute atomic E-state index is 10.9. The Morgan fingerprint density at radius 1 is 1.11 bits per heavy atom. The zero-order chi connectivity index (χ0) is 14.4. The normalized spacial score (nSPS) is 10.2. The maximum Gasteiger partial charge on any atom is 0.328 e. The van der Waals surface area contributed by atoms with Gasteiger partial charge in [-0.05, 0) is 24.3 Å². The van der Waals surface area contributed by atoms with Crippen LogP contribution in [0.3, 0.4) is 0 Å². The van der Waals surface area contributed by atoms with Gasteiger partial charge >= 0.3 is 17.9 Å². The smallest absolute Gasteiger partial charge is 0.328 e. The number of carbonyl (C=O) groups excluding carboxylic acids is 2. The first-order chi connectivity index (χ1) is 8.88. The number of ether oxygens (including phenoxy) is 2. The molecular formula is C13H12O6. The van der Waals surface area contributed by atoms with Crippen LogP contribution in [0.15, 0.2) is 24.3 Å². The Kier molecular flexibility index (Phi) is 4.82. The fourth-order valence-corrected chi connectivity index (χ4v) is 1.30. The van der Waals surface area contributed by atoms with Crippen LogP contribution in [-0.2, 0) is 14.4 Å². The largest absolute Gasteiger partial charge is 0.478 e. The zero-order valence-corrected chi connectivity index (χ0v) is 10.4. The first-order valence-corrected chi connectivity index (χ1v) is 5.30. The lowest BCUT2D eigenvalue weighted by Gasteiger charge is -2.08. The summed E-state index contributed by atoms with van der Waals surface area (Å²) in [6.45, 7) is 2.47. The van der Waals surface area contributed by atoms with Crippen LogP contribution in [-0.4, -0.2) is 23.0 Å². The Morgan fingerprint density at radius 3 is 2.26 bits per heavy atom. The van der Waals surface area contributed by atoms with Crippen LogP contribution >= 0.6 is 0 Å². The third-order valence-electron chi connectivity index (χ3n) is 1.90. The minimum absolute atomic E-state index is 0.181. The van der Waals surface area contributed by atoms with Gasteiger partial charge in [0.05, 0.1) is 0 Å². The van der Waals surface area contributed by atoms with E-state index in [1.807, 2.05) is 0 Å². The number of hydrogen-bond acceptors (Lipinski definition) is 5. The van der Waals surface area contributed by atoms with Crippen molar-refractivity contribution < 1.29 is 29.0 Å². The average molecular weight is 264 g/mol. The highest BCUT2D eigenvalue weighted by Crippen LogP contribution is 2.26. The Bertz CT molecular complexity index is 544. The van der Waals surface area contributed by atoms with Crippen molar-refractivity contribution in [1.82, 2.24) is 0 Å². The Hall–Kier alpha value is -2.63. The van der Waals surface area contributed by atoms with E-state index in [0.29, 0.717) is 5.56 Å². The van der Waals surface area contributed by atoms with E-state index in [2.05, 4.69) is 0 Å². The van der Waals surface area contributed by atoms with E-state index < -0.39 is 17.9 Å². The van der Waals surface area contributed by atoms with Gasteiger partial charge in [0.2, 0.25) is 0 Å². The lowest BCUT2D eigenvalue weighted by molar-refractivity contribution is -0.133. The number of rotatable bonds is 4. The van der Waals surface area contributed by atoms with Crippen molar-refractivity contribution in [2.24, 2.45) is 0 Å². The van der Waals surface area contributed by atoms with Crippen LogP contribution in [0, 0.1) is 0 Å². The monoisotopic (exact) mass is 264 g/mol. The quantitative estimate of drug-likeness (QED) is 0.505. The van der Waals surface area contributed by atoms with Gasteiger partial charge < -0.3 is 14.6 Å². The standard InChI is InChI=1S/C13H12O6/c1-8(14)18-11-4-5-12(19-9(2)15)10(7-11)3-6-13(16)17/h3-7H,1-2H3,(H,16,17). The lowest BCUT2D eigenvalue weighted by Crippen LogP contribution is -2.05. The molecule has 0 amide bonds. The molecule has 1 rings (SSSR count). The summed E-state index contributed by atoms with van der Waals surface area (Å²) >= 11 is 0. The predicted molar refractivity (Wildman–Crippen MR) is 65.7 cm³/mol. The highest BCUT2D eigenvalue weighted by molar-refractivity contribution is 5.86. The molecule has 6 heteroatoms. The van der Waals surface area contributed by atoms with Crippen molar-refractivity contribution in [3.63, 3.8) is 0 Å². The Morgan fingerprint density at radius 2 is 1.74 bits per heavy atom. The maximum atomic E-state index is 10.9. The van der Waals surface area contributed by atoms with Crippen molar-refractivity contribution in [2.75, 3.05) is 0 Å². The summed E-state index contributed by atoms with van der Waals surface area (Å²) in [5.74, 6) is -1.78. The number of carbonyl (C=O) groups is 3. The topological polar surface area (TPSA) is 89.9 Å². The molecule has 1 aromatic rings.